The molecule has 5 amide bonds. The Morgan fingerprint density at radius 3 is 2.57 bits per heavy atom. The van der Waals surface area contributed by atoms with E-state index in [1.807, 2.05) is 5.48 Å². The van der Waals surface area contributed by atoms with Crippen molar-refractivity contribution in [2.45, 2.75) is 25.8 Å². The van der Waals surface area contributed by atoms with Crippen LogP contribution in [0.4, 0.5) is 4.79 Å². The fraction of sp³-hybridized carbons (Fsp3) is 0.320. The molecule has 2 atom stereocenters. The van der Waals surface area contributed by atoms with Gasteiger partial charge in [-0.25, -0.2) is 9.59 Å². The van der Waals surface area contributed by atoms with Crippen LogP contribution < -0.4 is 20.9 Å². The van der Waals surface area contributed by atoms with Gasteiger partial charge < -0.3 is 20.2 Å². The summed E-state index contributed by atoms with van der Waals surface area (Å²) in [6.45, 7) is 1.11. The fourth-order valence-electron chi connectivity index (χ4n) is 3.71. The molecule has 1 saturated heterocycles. The molecule has 1 aliphatic rings. The lowest BCUT2D eigenvalue weighted by atomic mass is 9.97. The molecule has 196 valence electrons. The third-order valence-corrected chi connectivity index (χ3v) is 5.93. The first-order chi connectivity index (χ1) is 17.7. The molecule has 1 aliphatic heterocycles. The minimum atomic E-state index is -1.14. The van der Waals surface area contributed by atoms with E-state index in [0.717, 1.165) is 4.90 Å². The van der Waals surface area contributed by atoms with Crippen LogP contribution in [0.25, 0.3) is 0 Å². The maximum atomic E-state index is 13.3. The van der Waals surface area contributed by atoms with Crippen LogP contribution in [0.15, 0.2) is 48.5 Å². The molecule has 1 heterocycles. The average Bonchev–Trinajstić information content (AvgIpc) is 3.04. The highest BCUT2D eigenvalue weighted by molar-refractivity contribution is 6.30. The van der Waals surface area contributed by atoms with Crippen molar-refractivity contribution in [3.8, 4) is 5.75 Å². The first kappa shape index (κ1) is 27.5. The SMILES string of the molecule is CC[C@@H](NC(=O)N1CC(=O)NC[C@@H](Cc2cc(Cl)ccc2OC)C1=O)C(=O)NOC(=O)c1ccccc1. The van der Waals surface area contributed by atoms with Crippen LogP contribution >= 0.6 is 11.6 Å². The summed E-state index contributed by atoms with van der Waals surface area (Å²) in [5, 5.41) is 5.50. The van der Waals surface area contributed by atoms with E-state index in [9.17, 15) is 24.0 Å². The smallest absolute Gasteiger partial charge is 0.362 e. The Hall–Kier alpha value is -4.12. The van der Waals surface area contributed by atoms with Crippen LogP contribution in [0.3, 0.4) is 0 Å². The summed E-state index contributed by atoms with van der Waals surface area (Å²) in [5.41, 5.74) is 2.88. The average molecular weight is 531 g/mol. The van der Waals surface area contributed by atoms with Crippen LogP contribution in [0.2, 0.25) is 5.02 Å². The number of imide groups is 1. The fourth-order valence-corrected chi connectivity index (χ4v) is 3.90. The number of amides is 5. The topological polar surface area (TPSA) is 143 Å². The van der Waals surface area contributed by atoms with Gasteiger partial charge in [0.15, 0.2) is 0 Å². The molecular formula is C25H27ClN4O7. The zero-order valence-electron chi connectivity index (χ0n) is 20.3. The summed E-state index contributed by atoms with van der Waals surface area (Å²) in [6, 6.07) is 10.9. The number of nitrogens with one attached hydrogen (secondary N) is 3. The maximum absolute atomic E-state index is 13.3. The van der Waals surface area contributed by atoms with Gasteiger partial charge in [-0.05, 0) is 48.7 Å². The molecule has 0 radical (unpaired) electrons. The standard InChI is InChI=1S/C25H27ClN4O7/c1-3-19(22(32)29-37-24(34)15-7-5-4-6-8-15)28-25(35)30-14-21(31)27-13-17(23(30)33)11-16-12-18(26)9-10-20(16)36-2/h4-10,12,17,19H,3,11,13-14H2,1-2H3,(H,27,31)(H,28,35)(H,29,32)/t17-,19-/m1/s1. The van der Waals surface area contributed by atoms with Crippen molar-refractivity contribution in [2.75, 3.05) is 20.2 Å². The van der Waals surface area contributed by atoms with Gasteiger partial charge in [0, 0.05) is 11.6 Å². The minimum absolute atomic E-state index is 0.00421. The number of nitrogens with zero attached hydrogens (tertiary/aromatic N) is 1. The number of carbonyl (C=O) groups is 5. The second kappa shape index (κ2) is 12.7. The summed E-state index contributed by atoms with van der Waals surface area (Å²) in [5.74, 6) is -3.00. The van der Waals surface area contributed by atoms with E-state index in [4.69, 9.17) is 21.2 Å². The highest BCUT2D eigenvalue weighted by Crippen LogP contribution is 2.26. The minimum Gasteiger partial charge on any atom is -0.496 e. The van der Waals surface area contributed by atoms with Crippen LogP contribution in [-0.4, -0.2) is 60.9 Å². The molecule has 37 heavy (non-hydrogen) atoms. The molecule has 11 nitrogen and oxygen atoms in total. The Morgan fingerprint density at radius 1 is 1.16 bits per heavy atom. The number of methoxy groups -OCH3 is 1. The Balaban J connectivity index is 1.67. The molecule has 12 heteroatoms. The summed E-state index contributed by atoms with van der Waals surface area (Å²) in [7, 11) is 1.48. The van der Waals surface area contributed by atoms with E-state index in [-0.39, 0.29) is 24.9 Å². The Labute approximate surface area is 218 Å². The molecule has 1 fully saturated rings. The molecular weight excluding hydrogens is 504 g/mol. The largest absolute Gasteiger partial charge is 0.496 e. The van der Waals surface area contributed by atoms with E-state index in [0.29, 0.717) is 16.3 Å². The van der Waals surface area contributed by atoms with Crippen molar-refractivity contribution in [2.24, 2.45) is 5.92 Å². The Bertz CT molecular complexity index is 1170. The van der Waals surface area contributed by atoms with E-state index >= 15 is 0 Å². The second-order valence-corrected chi connectivity index (χ2v) is 8.65. The van der Waals surface area contributed by atoms with Crippen LogP contribution in [-0.2, 0) is 25.6 Å². The zero-order chi connectivity index (χ0) is 26.9. The van der Waals surface area contributed by atoms with Crippen molar-refractivity contribution >= 4 is 41.3 Å². The lowest BCUT2D eigenvalue weighted by Crippen LogP contribution is -2.54. The first-order valence-electron chi connectivity index (χ1n) is 11.5. The molecule has 0 unspecified atom stereocenters. The number of urea groups is 1. The number of benzene rings is 2. The summed E-state index contributed by atoms with van der Waals surface area (Å²) in [4.78, 5) is 68.7. The molecule has 0 spiro atoms. The van der Waals surface area contributed by atoms with Crippen LogP contribution in [0.5, 0.6) is 5.75 Å². The number of halogens is 1. The van der Waals surface area contributed by atoms with E-state index in [2.05, 4.69) is 10.6 Å². The predicted molar refractivity (Wildman–Crippen MR) is 133 cm³/mol. The van der Waals surface area contributed by atoms with Gasteiger partial charge in [-0.1, -0.05) is 36.7 Å². The van der Waals surface area contributed by atoms with Gasteiger partial charge >= 0.3 is 12.0 Å². The van der Waals surface area contributed by atoms with Crippen LogP contribution in [0, 0.1) is 5.92 Å². The van der Waals surface area contributed by atoms with Gasteiger partial charge in [0.05, 0.1) is 18.6 Å². The molecule has 0 saturated carbocycles. The first-order valence-corrected chi connectivity index (χ1v) is 11.9. The highest BCUT2D eigenvalue weighted by Gasteiger charge is 2.36. The number of hydrogen-bond acceptors (Lipinski definition) is 7. The Kier molecular flexibility index (Phi) is 9.45. The van der Waals surface area contributed by atoms with Crippen molar-refractivity contribution in [3.63, 3.8) is 0 Å². The molecule has 2 aromatic carbocycles. The van der Waals surface area contributed by atoms with Gasteiger partial charge in [0.1, 0.15) is 18.3 Å². The number of carbonyl (C=O) groups excluding carboxylic acids is 5. The Morgan fingerprint density at radius 2 is 1.89 bits per heavy atom. The summed E-state index contributed by atoms with van der Waals surface area (Å²) in [6.07, 6.45) is 0.275. The number of rotatable bonds is 7. The predicted octanol–water partition coefficient (Wildman–Crippen LogP) is 1.84. The van der Waals surface area contributed by atoms with Gasteiger partial charge in [-0.15, -0.1) is 0 Å². The lowest BCUT2D eigenvalue weighted by molar-refractivity contribution is -0.134. The van der Waals surface area contributed by atoms with Crippen molar-refractivity contribution in [3.05, 3.63) is 64.7 Å². The van der Waals surface area contributed by atoms with E-state index < -0.39 is 48.2 Å². The molecule has 0 aliphatic carbocycles. The molecule has 0 bridgehead atoms. The number of hydrogen-bond donors (Lipinski definition) is 3. The van der Waals surface area contributed by atoms with Gasteiger partial charge in [0.2, 0.25) is 11.8 Å². The monoisotopic (exact) mass is 530 g/mol. The second-order valence-electron chi connectivity index (χ2n) is 8.22. The zero-order valence-corrected chi connectivity index (χ0v) is 21.0. The molecule has 3 rings (SSSR count). The van der Waals surface area contributed by atoms with Crippen molar-refractivity contribution < 1.29 is 33.5 Å². The molecule has 0 aromatic heterocycles. The van der Waals surface area contributed by atoms with Gasteiger partial charge in [-0.3, -0.25) is 19.3 Å². The summed E-state index contributed by atoms with van der Waals surface area (Å²) < 4.78 is 5.33. The van der Waals surface area contributed by atoms with Gasteiger partial charge in [0.25, 0.3) is 5.91 Å². The normalized spacial score (nSPS) is 16.2. The van der Waals surface area contributed by atoms with Crippen molar-refractivity contribution in [1.29, 1.82) is 0 Å². The van der Waals surface area contributed by atoms with Crippen LogP contribution in [0.1, 0.15) is 29.3 Å². The van der Waals surface area contributed by atoms with Gasteiger partial charge in [-0.2, -0.15) is 5.48 Å². The van der Waals surface area contributed by atoms with E-state index in [1.54, 1.807) is 43.3 Å². The number of hydroxylamine groups is 1. The third kappa shape index (κ3) is 7.20. The van der Waals surface area contributed by atoms with Crippen molar-refractivity contribution in [1.82, 2.24) is 21.0 Å². The lowest BCUT2D eigenvalue weighted by Gasteiger charge is -2.24. The highest BCUT2D eigenvalue weighted by atomic mass is 35.5. The maximum Gasteiger partial charge on any atom is 0.362 e. The summed E-state index contributed by atoms with van der Waals surface area (Å²) >= 11 is 6.09. The third-order valence-electron chi connectivity index (χ3n) is 5.69. The van der Waals surface area contributed by atoms with E-state index in [1.165, 1.54) is 19.2 Å². The molecule has 3 N–H and O–H groups in total. The number of ether oxygens (including phenoxy) is 1. The molecule has 2 aromatic rings. The quantitative estimate of drug-likeness (QED) is 0.463.